The number of amides is 1. The summed E-state index contributed by atoms with van der Waals surface area (Å²) < 4.78 is 0. The number of likely N-dealkylation sites (tertiary alicyclic amines) is 1. The largest absolute Gasteiger partial charge is 0.382 e. The monoisotopic (exact) mass is 401 g/mol. The summed E-state index contributed by atoms with van der Waals surface area (Å²) in [7, 11) is 0. The summed E-state index contributed by atoms with van der Waals surface area (Å²) in [6.45, 7) is 4.05. The Bertz CT molecular complexity index is 1040. The summed E-state index contributed by atoms with van der Waals surface area (Å²) in [6.07, 6.45) is 7.07. The molecule has 0 spiro atoms. The van der Waals surface area contributed by atoms with Crippen LogP contribution in [0, 0.1) is 6.92 Å². The number of fused-ring (bicyclic) bond motifs is 3. The van der Waals surface area contributed by atoms with Crippen molar-refractivity contribution >= 4 is 22.5 Å². The lowest BCUT2D eigenvalue weighted by Gasteiger charge is -2.25. The molecule has 1 saturated heterocycles. The number of carbonyl (C=O) groups is 1. The number of hydrogen-bond donors (Lipinski definition) is 2. The van der Waals surface area contributed by atoms with E-state index in [1.54, 1.807) is 0 Å². The van der Waals surface area contributed by atoms with Crippen molar-refractivity contribution in [3.63, 3.8) is 0 Å². The minimum absolute atomic E-state index is 0.307. The lowest BCUT2D eigenvalue weighted by molar-refractivity contribution is -0.130. The van der Waals surface area contributed by atoms with Gasteiger partial charge in [-0.05, 0) is 80.8 Å². The van der Waals surface area contributed by atoms with E-state index in [0.29, 0.717) is 18.4 Å². The van der Waals surface area contributed by atoms with E-state index in [4.69, 9.17) is 0 Å². The normalized spacial score (nSPS) is 18.6. The van der Waals surface area contributed by atoms with E-state index in [9.17, 15) is 4.79 Å². The van der Waals surface area contributed by atoms with Gasteiger partial charge >= 0.3 is 0 Å². The first-order chi connectivity index (χ1) is 14.7. The second kappa shape index (κ2) is 8.17. The zero-order chi connectivity index (χ0) is 20.5. The number of aromatic amines is 1. The van der Waals surface area contributed by atoms with Crippen LogP contribution in [0.5, 0.6) is 0 Å². The highest BCUT2D eigenvalue weighted by molar-refractivity contribution is 5.85. The van der Waals surface area contributed by atoms with E-state index in [1.165, 1.54) is 39.0 Å². The molecule has 1 aliphatic carbocycles. The number of hydrogen-bond acceptors (Lipinski definition) is 2. The number of nitrogens with one attached hydrogen (secondary N) is 2. The number of benzene rings is 2. The topological polar surface area (TPSA) is 48.1 Å². The smallest absolute Gasteiger partial charge is 0.222 e. The molecule has 0 unspecified atom stereocenters. The SMILES string of the molecule is Cc1ccc2[nH]c3c(c2c1)C[C@H](Nc1ccc(CCC(=O)N2CCCC2)cc1)CC3. The van der Waals surface area contributed by atoms with Crippen molar-refractivity contribution in [2.24, 2.45) is 0 Å². The van der Waals surface area contributed by atoms with Crippen molar-refractivity contribution < 1.29 is 4.79 Å². The average molecular weight is 402 g/mol. The molecule has 0 bridgehead atoms. The Kier molecular flexibility index (Phi) is 5.24. The van der Waals surface area contributed by atoms with Gasteiger partial charge in [0.25, 0.3) is 0 Å². The van der Waals surface area contributed by atoms with Crippen LogP contribution in [-0.2, 0) is 24.1 Å². The third-order valence-electron chi connectivity index (χ3n) is 6.75. The predicted octanol–water partition coefficient (Wildman–Crippen LogP) is 5.00. The number of H-pyrrole nitrogens is 1. The summed E-state index contributed by atoms with van der Waals surface area (Å²) in [6, 6.07) is 15.8. The van der Waals surface area contributed by atoms with Crippen LogP contribution >= 0.6 is 0 Å². The first kappa shape index (κ1) is 19.2. The highest BCUT2D eigenvalue weighted by Gasteiger charge is 2.22. The lowest BCUT2D eigenvalue weighted by atomic mass is 9.91. The molecule has 0 radical (unpaired) electrons. The van der Waals surface area contributed by atoms with Crippen LogP contribution in [-0.4, -0.2) is 34.9 Å². The fourth-order valence-electron chi connectivity index (χ4n) is 5.03. The Hall–Kier alpha value is -2.75. The Balaban J connectivity index is 1.20. The van der Waals surface area contributed by atoms with E-state index in [1.807, 2.05) is 4.90 Å². The van der Waals surface area contributed by atoms with Crippen molar-refractivity contribution in [1.82, 2.24) is 9.88 Å². The zero-order valence-electron chi connectivity index (χ0n) is 17.8. The molecule has 4 heteroatoms. The summed E-state index contributed by atoms with van der Waals surface area (Å²) in [5.74, 6) is 0.307. The first-order valence-corrected chi connectivity index (χ1v) is 11.4. The maximum atomic E-state index is 12.3. The summed E-state index contributed by atoms with van der Waals surface area (Å²) in [5.41, 5.74) is 7.89. The van der Waals surface area contributed by atoms with E-state index in [0.717, 1.165) is 51.6 Å². The highest BCUT2D eigenvalue weighted by Crippen LogP contribution is 2.31. The fraction of sp³-hybridized carbons (Fsp3) is 0.423. The number of aromatic nitrogens is 1. The van der Waals surface area contributed by atoms with Crippen molar-refractivity contribution in [2.45, 2.75) is 57.9 Å². The van der Waals surface area contributed by atoms with Crippen LogP contribution in [0.15, 0.2) is 42.5 Å². The predicted molar refractivity (Wildman–Crippen MR) is 123 cm³/mol. The number of anilines is 1. The Morgan fingerprint density at radius 1 is 1.13 bits per heavy atom. The van der Waals surface area contributed by atoms with Crippen molar-refractivity contribution in [1.29, 1.82) is 0 Å². The molecule has 2 N–H and O–H groups in total. The van der Waals surface area contributed by atoms with Gasteiger partial charge in [0.2, 0.25) is 5.91 Å². The molecule has 2 aromatic carbocycles. The Morgan fingerprint density at radius 3 is 2.73 bits per heavy atom. The molecule has 1 fully saturated rings. The molecule has 5 rings (SSSR count). The van der Waals surface area contributed by atoms with Gasteiger partial charge in [-0.2, -0.15) is 0 Å². The van der Waals surface area contributed by atoms with E-state index < -0.39 is 0 Å². The van der Waals surface area contributed by atoms with Gasteiger partial charge < -0.3 is 15.2 Å². The van der Waals surface area contributed by atoms with Crippen molar-refractivity contribution in [3.8, 4) is 0 Å². The van der Waals surface area contributed by atoms with E-state index >= 15 is 0 Å². The number of aryl methyl sites for hydroxylation is 3. The molecule has 156 valence electrons. The molecule has 2 aliphatic rings. The maximum absolute atomic E-state index is 12.3. The molecule has 4 nitrogen and oxygen atoms in total. The first-order valence-electron chi connectivity index (χ1n) is 11.4. The average Bonchev–Trinajstić information content (AvgIpc) is 3.41. The quantitative estimate of drug-likeness (QED) is 0.632. The minimum atomic E-state index is 0.307. The second-order valence-electron chi connectivity index (χ2n) is 9.00. The molecular weight excluding hydrogens is 370 g/mol. The van der Waals surface area contributed by atoms with Gasteiger partial charge in [-0.25, -0.2) is 0 Å². The number of carbonyl (C=O) groups excluding carboxylic acids is 1. The van der Waals surface area contributed by atoms with Gasteiger partial charge in [-0.3, -0.25) is 4.79 Å². The third-order valence-corrected chi connectivity index (χ3v) is 6.75. The van der Waals surface area contributed by atoms with Gasteiger partial charge in [0.15, 0.2) is 0 Å². The van der Waals surface area contributed by atoms with Crippen LogP contribution in [0.4, 0.5) is 5.69 Å². The van der Waals surface area contributed by atoms with Crippen LogP contribution < -0.4 is 5.32 Å². The van der Waals surface area contributed by atoms with Crippen LogP contribution in [0.1, 0.15) is 48.1 Å². The molecule has 1 aliphatic heterocycles. The minimum Gasteiger partial charge on any atom is -0.382 e. The zero-order valence-corrected chi connectivity index (χ0v) is 17.8. The summed E-state index contributed by atoms with van der Waals surface area (Å²) >= 11 is 0. The molecule has 1 amide bonds. The van der Waals surface area contributed by atoms with Gasteiger partial charge in [-0.15, -0.1) is 0 Å². The molecule has 2 heterocycles. The Labute approximate surface area is 178 Å². The molecule has 1 atom stereocenters. The van der Waals surface area contributed by atoms with Crippen LogP contribution in [0.3, 0.4) is 0 Å². The van der Waals surface area contributed by atoms with E-state index in [-0.39, 0.29) is 0 Å². The second-order valence-corrected chi connectivity index (χ2v) is 9.00. The van der Waals surface area contributed by atoms with Gasteiger partial charge in [0, 0.05) is 47.8 Å². The third kappa shape index (κ3) is 3.96. The van der Waals surface area contributed by atoms with Crippen molar-refractivity contribution in [2.75, 3.05) is 18.4 Å². The van der Waals surface area contributed by atoms with Crippen LogP contribution in [0.25, 0.3) is 10.9 Å². The molecular formula is C26H31N3O. The van der Waals surface area contributed by atoms with Gasteiger partial charge in [0.1, 0.15) is 0 Å². The number of nitrogens with zero attached hydrogens (tertiary/aromatic N) is 1. The fourth-order valence-corrected chi connectivity index (χ4v) is 5.03. The standard InChI is InChI=1S/C26H31N3O/c1-18-4-11-24-22(16-18)23-17-21(10-12-25(23)28-24)27-20-8-5-19(6-9-20)7-13-26(30)29-14-2-3-15-29/h4-6,8-9,11,16,21,27-28H,2-3,7,10,12-15,17H2,1H3/t21-/m1/s1. The molecule has 3 aromatic rings. The molecule has 1 aromatic heterocycles. The summed E-state index contributed by atoms with van der Waals surface area (Å²) in [5, 5.41) is 5.12. The van der Waals surface area contributed by atoms with Gasteiger partial charge in [-0.1, -0.05) is 23.8 Å². The highest BCUT2D eigenvalue weighted by atomic mass is 16.2. The molecule has 30 heavy (non-hydrogen) atoms. The van der Waals surface area contributed by atoms with Gasteiger partial charge in [0.05, 0.1) is 0 Å². The van der Waals surface area contributed by atoms with Crippen LogP contribution in [0.2, 0.25) is 0 Å². The molecule has 0 saturated carbocycles. The number of rotatable bonds is 5. The summed E-state index contributed by atoms with van der Waals surface area (Å²) in [4.78, 5) is 17.9. The van der Waals surface area contributed by atoms with Crippen molar-refractivity contribution in [3.05, 3.63) is 64.8 Å². The Morgan fingerprint density at radius 2 is 1.93 bits per heavy atom. The van der Waals surface area contributed by atoms with E-state index in [2.05, 4.69) is 59.7 Å². The maximum Gasteiger partial charge on any atom is 0.222 e. The lowest BCUT2D eigenvalue weighted by Crippen LogP contribution is -2.27.